The van der Waals surface area contributed by atoms with E-state index in [2.05, 4.69) is 17.4 Å². The lowest BCUT2D eigenvalue weighted by Gasteiger charge is -2.28. The quantitative estimate of drug-likeness (QED) is 0.889. The molecule has 0 spiro atoms. The first-order valence-electron chi connectivity index (χ1n) is 9.63. The molecule has 0 saturated heterocycles. The minimum Gasteiger partial charge on any atom is -0.482 e. The number of nitrogens with zero attached hydrogens (tertiary/aromatic N) is 1. The monoisotopic (exact) mass is 364 g/mol. The van der Waals surface area contributed by atoms with Gasteiger partial charge in [0.2, 0.25) is 5.91 Å². The Morgan fingerprint density at radius 3 is 2.56 bits per heavy atom. The Hall–Kier alpha value is -2.82. The van der Waals surface area contributed by atoms with E-state index in [4.69, 9.17) is 4.74 Å². The SMILES string of the molecule is O=C(CN1C(=O)COc2ccccc21)Nc1ccc(C2CCCCC2)cc1. The van der Waals surface area contributed by atoms with Crippen molar-refractivity contribution in [1.29, 1.82) is 0 Å². The molecule has 2 aromatic carbocycles. The molecule has 1 fully saturated rings. The van der Waals surface area contributed by atoms with Gasteiger partial charge in [-0.15, -0.1) is 0 Å². The molecule has 1 heterocycles. The number of hydrogen-bond acceptors (Lipinski definition) is 3. The minimum absolute atomic E-state index is 0.0242. The molecule has 1 saturated carbocycles. The van der Waals surface area contributed by atoms with Crippen LogP contribution in [0.5, 0.6) is 5.75 Å². The van der Waals surface area contributed by atoms with Crippen LogP contribution in [0.3, 0.4) is 0 Å². The number of carbonyl (C=O) groups excluding carboxylic acids is 2. The Labute approximate surface area is 159 Å². The van der Waals surface area contributed by atoms with Gasteiger partial charge in [-0.3, -0.25) is 14.5 Å². The molecule has 0 aromatic heterocycles. The Morgan fingerprint density at radius 2 is 1.78 bits per heavy atom. The second-order valence-corrected chi connectivity index (χ2v) is 7.24. The van der Waals surface area contributed by atoms with Crippen molar-refractivity contribution in [2.45, 2.75) is 38.0 Å². The number of ether oxygens (including phenoxy) is 1. The molecule has 27 heavy (non-hydrogen) atoms. The van der Waals surface area contributed by atoms with E-state index in [1.54, 1.807) is 12.1 Å². The standard InChI is InChI=1S/C22H24N2O3/c25-21(14-24-19-8-4-5-9-20(19)27-15-22(24)26)23-18-12-10-17(11-13-18)16-6-2-1-3-7-16/h4-5,8-13,16H,1-3,6-7,14-15H2,(H,23,25). The molecule has 0 unspecified atom stereocenters. The number of nitrogens with one attached hydrogen (secondary N) is 1. The first-order chi connectivity index (χ1) is 13.2. The molecular weight excluding hydrogens is 340 g/mol. The fourth-order valence-corrected chi connectivity index (χ4v) is 3.95. The zero-order valence-electron chi connectivity index (χ0n) is 15.3. The number of fused-ring (bicyclic) bond motifs is 1. The Morgan fingerprint density at radius 1 is 1.04 bits per heavy atom. The van der Waals surface area contributed by atoms with Crippen LogP contribution >= 0.6 is 0 Å². The van der Waals surface area contributed by atoms with E-state index in [0.29, 0.717) is 17.4 Å². The van der Waals surface area contributed by atoms with Crippen LogP contribution in [0.4, 0.5) is 11.4 Å². The van der Waals surface area contributed by atoms with Gasteiger partial charge in [0.05, 0.1) is 5.69 Å². The molecule has 5 heteroatoms. The van der Waals surface area contributed by atoms with Gasteiger partial charge in [0.25, 0.3) is 5.91 Å². The summed E-state index contributed by atoms with van der Waals surface area (Å²) in [6, 6.07) is 15.4. The molecule has 0 radical (unpaired) electrons. The Kier molecular flexibility index (Phi) is 5.10. The van der Waals surface area contributed by atoms with Crippen LogP contribution < -0.4 is 15.0 Å². The lowest BCUT2D eigenvalue weighted by molar-refractivity contribution is -0.123. The summed E-state index contributed by atoms with van der Waals surface area (Å²) in [5, 5.41) is 2.90. The predicted molar refractivity (Wildman–Crippen MR) is 105 cm³/mol. The van der Waals surface area contributed by atoms with Crippen LogP contribution in [-0.2, 0) is 9.59 Å². The molecule has 0 bridgehead atoms. The van der Waals surface area contributed by atoms with Gasteiger partial charge in [0.1, 0.15) is 12.3 Å². The van der Waals surface area contributed by atoms with Gasteiger partial charge in [-0.05, 0) is 48.6 Å². The van der Waals surface area contributed by atoms with E-state index in [0.717, 1.165) is 5.69 Å². The van der Waals surface area contributed by atoms with Crippen molar-refractivity contribution >= 4 is 23.2 Å². The van der Waals surface area contributed by atoms with E-state index in [1.165, 1.54) is 42.6 Å². The summed E-state index contributed by atoms with van der Waals surface area (Å²) in [4.78, 5) is 26.1. The van der Waals surface area contributed by atoms with E-state index in [9.17, 15) is 9.59 Å². The predicted octanol–water partition coefficient (Wildman–Crippen LogP) is 4.10. The average molecular weight is 364 g/mol. The first-order valence-corrected chi connectivity index (χ1v) is 9.63. The maximum absolute atomic E-state index is 12.5. The minimum atomic E-state index is -0.217. The lowest BCUT2D eigenvalue weighted by atomic mass is 9.84. The van der Waals surface area contributed by atoms with E-state index >= 15 is 0 Å². The van der Waals surface area contributed by atoms with E-state index < -0.39 is 0 Å². The molecule has 2 aliphatic rings. The number of benzene rings is 2. The van der Waals surface area contributed by atoms with Crippen LogP contribution in [0, 0.1) is 0 Å². The molecule has 1 aliphatic carbocycles. The summed E-state index contributed by atoms with van der Waals surface area (Å²) < 4.78 is 5.41. The van der Waals surface area contributed by atoms with Crippen LogP contribution in [0.15, 0.2) is 48.5 Å². The average Bonchev–Trinajstić information content (AvgIpc) is 2.71. The van der Waals surface area contributed by atoms with Gasteiger partial charge < -0.3 is 10.1 Å². The molecule has 5 nitrogen and oxygen atoms in total. The van der Waals surface area contributed by atoms with Gasteiger partial charge in [-0.25, -0.2) is 0 Å². The number of hydrogen-bond donors (Lipinski definition) is 1. The van der Waals surface area contributed by atoms with Crippen LogP contribution in [0.2, 0.25) is 0 Å². The highest BCUT2D eigenvalue weighted by Gasteiger charge is 2.27. The number of rotatable bonds is 4. The Bertz CT molecular complexity index is 826. The van der Waals surface area contributed by atoms with Gasteiger partial charge in [0.15, 0.2) is 6.61 Å². The highest BCUT2D eigenvalue weighted by atomic mass is 16.5. The van der Waals surface area contributed by atoms with Crippen molar-refractivity contribution in [3.05, 3.63) is 54.1 Å². The van der Waals surface area contributed by atoms with Crippen molar-refractivity contribution in [3.63, 3.8) is 0 Å². The summed E-state index contributed by atoms with van der Waals surface area (Å²) in [7, 11) is 0. The van der Waals surface area contributed by atoms with Crippen LogP contribution in [0.25, 0.3) is 0 Å². The summed E-state index contributed by atoms with van der Waals surface area (Å²) in [5.41, 5.74) is 2.75. The zero-order chi connectivity index (χ0) is 18.6. The number of amides is 2. The summed E-state index contributed by atoms with van der Waals surface area (Å²) >= 11 is 0. The number of para-hydroxylation sites is 2. The molecule has 1 N–H and O–H groups in total. The van der Waals surface area contributed by atoms with Crippen molar-refractivity contribution < 1.29 is 14.3 Å². The second kappa shape index (κ2) is 7.82. The maximum atomic E-state index is 12.5. The summed E-state index contributed by atoms with van der Waals surface area (Å²) in [6.45, 7) is -0.0655. The smallest absolute Gasteiger partial charge is 0.265 e. The van der Waals surface area contributed by atoms with Gasteiger partial charge in [-0.1, -0.05) is 43.5 Å². The topological polar surface area (TPSA) is 58.6 Å². The summed E-state index contributed by atoms with van der Waals surface area (Å²) in [6.07, 6.45) is 6.46. The molecule has 0 atom stereocenters. The van der Waals surface area contributed by atoms with Crippen LogP contribution in [-0.4, -0.2) is 25.0 Å². The highest BCUT2D eigenvalue weighted by Crippen LogP contribution is 2.33. The molecule has 140 valence electrons. The van der Waals surface area contributed by atoms with E-state index in [-0.39, 0.29) is 25.0 Å². The first kappa shape index (κ1) is 17.6. The lowest BCUT2D eigenvalue weighted by Crippen LogP contribution is -2.43. The molecule has 2 amide bonds. The largest absolute Gasteiger partial charge is 0.482 e. The van der Waals surface area contributed by atoms with Gasteiger partial charge in [0, 0.05) is 5.69 Å². The second-order valence-electron chi connectivity index (χ2n) is 7.24. The third kappa shape index (κ3) is 3.97. The van der Waals surface area contributed by atoms with Gasteiger partial charge in [-0.2, -0.15) is 0 Å². The van der Waals surface area contributed by atoms with Crippen molar-refractivity contribution in [2.75, 3.05) is 23.4 Å². The summed E-state index contributed by atoms with van der Waals surface area (Å²) in [5.74, 6) is 0.842. The zero-order valence-corrected chi connectivity index (χ0v) is 15.3. The maximum Gasteiger partial charge on any atom is 0.265 e. The van der Waals surface area contributed by atoms with E-state index in [1.807, 2.05) is 24.3 Å². The Balaban J connectivity index is 1.40. The molecular formula is C22H24N2O3. The number of carbonyl (C=O) groups is 2. The highest BCUT2D eigenvalue weighted by molar-refractivity contribution is 6.04. The third-order valence-corrected chi connectivity index (χ3v) is 5.38. The normalized spacial score (nSPS) is 17.2. The van der Waals surface area contributed by atoms with Crippen molar-refractivity contribution in [1.82, 2.24) is 0 Å². The fourth-order valence-electron chi connectivity index (χ4n) is 3.95. The fraction of sp³-hybridized carbons (Fsp3) is 0.364. The van der Waals surface area contributed by atoms with Crippen molar-refractivity contribution in [3.8, 4) is 5.75 Å². The molecule has 4 rings (SSSR count). The van der Waals surface area contributed by atoms with Crippen LogP contribution in [0.1, 0.15) is 43.6 Å². The van der Waals surface area contributed by atoms with Gasteiger partial charge >= 0.3 is 0 Å². The molecule has 1 aliphatic heterocycles. The third-order valence-electron chi connectivity index (χ3n) is 5.38. The van der Waals surface area contributed by atoms with Crippen molar-refractivity contribution in [2.24, 2.45) is 0 Å². The molecule has 2 aromatic rings. The number of anilines is 2.